The third-order valence-electron chi connectivity index (χ3n) is 8.10. The fourth-order valence-electron chi connectivity index (χ4n) is 5.74. The largest absolute Gasteiger partial charge is 0.494 e. The molecule has 4 aromatic rings. The van der Waals surface area contributed by atoms with Crippen molar-refractivity contribution in [3.8, 4) is 5.75 Å². The number of para-hydroxylation sites is 1. The van der Waals surface area contributed by atoms with E-state index in [1.54, 1.807) is 24.1 Å². The zero-order valence-electron chi connectivity index (χ0n) is 24.9. The lowest BCUT2D eigenvalue weighted by atomic mass is 10.0. The molecule has 2 aliphatic heterocycles. The molecule has 0 bridgehead atoms. The predicted molar refractivity (Wildman–Crippen MR) is 177 cm³/mol. The van der Waals surface area contributed by atoms with Gasteiger partial charge in [0.25, 0.3) is 15.9 Å². The van der Waals surface area contributed by atoms with Crippen LogP contribution in [0.2, 0.25) is 0 Å². The van der Waals surface area contributed by atoms with Crippen molar-refractivity contribution in [2.24, 2.45) is 0 Å². The minimum absolute atomic E-state index is 0. The minimum atomic E-state index is -3.78. The van der Waals surface area contributed by atoms with E-state index in [0.29, 0.717) is 29.5 Å². The molecule has 9 nitrogen and oxygen atoms in total. The monoisotopic (exact) mass is 656 g/mol. The van der Waals surface area contributed by atoms with Crippen LogP contribution in [-0.4, -0.2) is 77.3 Å². The van der Waals surface area contributed by atoms with E-state index >= 15 is 0 Å². The van der Waals surface area contributed by atoms with Gasteiger partial charge in [-0.3, -0.25) is 18.9 Å². The predicted octanol–water partition coefficient (Wildman–Crippen LogP) is 5.55. The Morgan fingerprint density at radius 3 is 2.55 bits per heavy atom. The maximum atomic E-state index is 14.0. The van der Waals surface area contributed by atoms with E-state index < -0.39 is 10.0 Å². The van der Waals surface area contributed by atoms with Gasteiger partial charge in [-0.25, -0.2) is 13.4 Å². The molecule has 0 aliphatic carbocycles. The molecule has 0 radical (unpaired) electrons. The van der Waals surface area contributed by atoms with Crippen LogP contribution in [0.15, 0.2) is 65.6 Å². The average Bonchev–Trinajstić information content (AvgIpc) is 3.49. The summed E-state index contributed by atoms with van der Waals surface area (Å²) >= 11 is 1.47. The van der Waals surface area contributed by atoms with Crippen LogP contribution in [0, 0.1) is 6.92 Å². The first kappa shape index (κ1) is 32.2. The van der Waals surface area contributed by atoms with Crippen LogP contribution in [-0.2, 0) is 21.2 Å². The van der Waals surface area contributed by atoms with Gasteiger partial charge in [0.2, 0.25) is 0 Å². The number of aryl methyl sites for hydroxylation is 2. The Morgan fingerprint density at radius 2 is 1.80 bits per heavy atom. The number of hydrogen-bond acceptors (Lipinski definition) is 8. The molecule has 0 saturated carbocycles. The standard InChI is InChI=1S/C32H36N4O5S2.ClH/c1-23-10-15-28(40-2)29-30(23)42-32(33-29)35(17-6-16-34-19-21-41-22-20-34)31(37)25-11-13-26(14-12-25)43(38,39)36-18-5-8-24-7-3-4-9-27(24)36;/h3-4,7,9-15H,5-6,8,16-22H2,1-2H3;1H. The number of hydrogen-bond donors (Lipinski definition) is 0. The first-order chi connectivity index (χ1) is 20.9. The smallest absolute Gasteiger partial charge is 0.264 e. The highest BCUT2D eigenvalue weighted by Gasteiger charge is 2.30. The van der Waals surface area contributed by atoms with Crippen LogP contribution >= 0.6 is 23.7 Å². The molecule has 1 aromatic heterocycles. The summed E-state index contributed by atoms with van der Waals surface area (Å²) in [4.78, 5) is 23.1. The van der Waals surface area contributed by atoms with Crippen LogP contribution in [0.5, 0.6) is 5.75 Å². The van der Waals surface area contributed by atoms with Crippen molar-refractivity contribution in [2.75, 3.05) is 62.3 Å². The van der Waals surface area contributed by atoms with Gasteiger partial charge in [0.05, 0.1) is 35.6 Å². The number of aromatic nitrogens is 1. The maximum absolute atomic E-state index is 14.0. The molecule has 0 atom stereocenters. The van der Waals surface area contributed by atoms with Crippen molar-refractivity contribution in [2.45, 2.75) is 31.1 Å². The average molecular weight is 657 g/mol. The number of ether oxygens (including phenoxy) is 2. The molecule has 44 heavy (non-hydrogen) atoms. The Morgan fingerprint density at radius 1 is 1.05 bits per heavy atom. The molecule has 0 N–H and O–H groups in total. The number of morpholine rings is 1. The zero-order valence-corrected chi connectivity index (χ0v) is 27.3. The quantitative estimate of drug-likeness (QED) is 0.233. The van der Waals surface area contributed by atoms with Crippen LogP contribution in [0.25, 0.3) is 10.2 Å². The van der Waals surface area contributed by atoms with Crippen molar-refractivity contribution in [3.63, 3.8) is 0 Å². The van der Waals surface area contributed by atoms with Crippen molar-refractivity contribution in [1.82, 2.24) is 9.88 Å². The number of amides is 1. The lowest BCUT2D eigenvalue weighted by Crippen LogP contribution is -2.39. The molecule has 6 rings (SSSR count). The van der Waals surface area contributed by atoms with E-state index in [0.717, 1.165) is 79.1 Å². The molecular weight excluding hydrogens is 620 g/mol. The fourth-order valence-corrected chi connectivity index (χ4v) is 8.36. The van der Waals surface area contributed by atoms with Gasteiger partial charge in [0, 0.05) is 38.3 Å². The van der Waals surface area contributed by atoms with Gasteiger partial charge in [0.1, 0.15) is 11.3 Å². The fraction of sp³-hybridized carbons (Fsp3) is 0.375. The first-order valence-electron chi connectivity index (χ1n) is 14.6. The number of benzene rings is 3. The number of rotatable bonds is 9. The van der Waals surface area contributed by atoms with Crippen LogP contribution < -0.4 is 13.9 Å². The second-order valence-electron chi connectivity index (χ2n) is 10.9. The van der Waals surface area contributed by atoms with Gasteiger partial charge in [0.15, 0.2) is 5.13 Å². The normalized spacial score (nSPS) is 15.5. The second-order valence-corrected chi connectivity index (χ2v) is 13.7. The summed E-state index contributed by atoms with van der Waals surface area (Å²) in [5.41, 5.74) is 3.96. The highest BCUT2D eigenvalue weighted by molar-refractivity contribution is 7.92. The summed E-state index contributed by atoms with van der Waals surface area (Å²) in [7, 11) is -2.16. The molecule has 3 aromatic carbocycles. The van der Waals surface area contributed by atoms with Crippen LogP contribution in [0.1, 0.15) is 34.3 Å². The molecular formula is C32H37ClN4O5S2. The molecule has 0 unspecified atom stereocenters. The van der Waals surface area contributed by atoms with Gasteiger partial charge in [-0.1, -0.05) is 35.6 Å². The van der Waals surface area contributed by atoms with Crippen LogP contribution in [0.4, 0.5) is 10.8 Å². The SMILES string of the molecule is COc1ccc(C)c2sc(N(CCCN3CCOCC3)C(=O)c3ccc(S(=O)(=O)N4CCCc5ccccc54)cc3)nc12.Cl. The third kappa shape index (κ3) is 6.43. The summed E-state index contributed by atoms with van der Waals surface area (Å²) in [6.45, 7) is 6.96. The first-order valence-corrected chi connectivity index (χ1v) is 16.9. The maximum Gasteiger partial charge on any atom is 0.264 e. The number of carbonyl (C=O) groups is 1. The Bertz CT molecular complexity index is 1720. The molecule has 1 fully saturated rings. The molecule has 0 spiro atoms. The lowest BCUT2D eigenvalue weighted by Gasteiger charge is -2.30. The number of carbonyl (C=O) groups excluding carboxylic acids is 1. The van der Waals surface area contributed by atoms with Gasteiger partial charge in [-0.2, -0.15) is 0 Å². The van der Waals surface area contributed by atoms with Crippen LogP contribution in [0.3, 0.4) is 0 Å². The molecule has 2 aliphatic rings. The van der Waals surface area contributed by atoms with Crippen molar-refractivity contribution < 1.29 is 22.7 Å². The number of thiazole rings is 1. The van der Waals surface area contributed by atoms with E-state index in [1.165, 1.54) is 27.8 Å². The Hall–Kier alpha value is -3.22. The summed E-state index contributed by atoms with van der Waals surface area (Å²) in [5, 5.41) is 0.594. The van der Waals surface area contributed by atoms with Gasteiger partial charge in [-0.05, 0) is 73.7 Å². The Balaban J connectivity index is 0.00000384. The van der Waals surface area contributed by atoms with E-state index in [-0.39, 0.29) is 23.2 Å². The number of fused-ring (bicyclic) bond motifs is 2. The van der Waals surface area contributed by atoms with Crippen molar-refractivity contribution in [1.29, 1.82) is 0 Å². The summed E-state index contributed by atoms with van der Waals surface area (Å²) in [6.07, 6.45) is 2.38. The number of halogens is 1. The van der Waals surface area contributed by atoms with Gasteiger partial charge >= 0.3 is 0 Å². The topological polar surface area (TPSA) is 92.3 Å². The highest BCUT2D eigenvalue weighted by atomic mass is 35.5. The number of anilines is 2. The number of methoxy groups -OCH3 is 1. The summed E-state index contributed by atoms with van der Waals surface area (Å²) in [6, 6.07) is 17.8. The van der Waals surface area contributed by atoms with E-state index in [2.05, 4.69) is 4.90 Å². The van der Waals surface area contributed by atoms with Gasteiger partial charge in [-0.15, -0.1) is 12.4 Å². The lowest BCUT2D eigenvalue weighted by molar-refractivity contribution is 0.0376. The minimum Gasteiger partial charge on any atom is -0.494 e. The third-order valence-corrected chi connectivity index (χ3v) is 11.1. The zero-order chi connectivity index (χ0) is 30.0. The van der Waals surface area contributed by atoms with Crippen molar-refractivity contribution >= 4 is 60.7 Å². The number of sulfonamides is 1. The van der Waals surface area contributed by atoms with Gasteiger partial charge < -0.3 is 9.47 Å². The Labute approximate surface area is 268 Å². The molecule has 234 valence electrons. The summed E-state index contributed by atoms with van der Waals surface area (Å²) < 4.78 is 40.8. The number of nitrogens with zero attached hydrogens (tertiary/aromatic N) is 4. The molecule has 1 saturated heterocycles. The Kier molecular flexibility index (Phi) is 10.1. The highest BCUT2D eigenvalue weighted by Crippen LogP contribution is 2.37. The summed E-state index contributed by atoms with van der Waals surface area (Å²) in [5.74, 6) is 0.447. The second kappa shape index (κ2) is 13.8. The molecule has 12 heteroatoms. The molecule has 1 amide bonds. The van der Waals surface area contributed by atoms with E-state index in [9.17, 15) is 13.2 Å². The van der Waals surface area contributed by atoms with Crippen molar-refractivity contribution in [3.05, 3.63) is 77.4 Å². The molecule has 3 heterocycles. The van der Waals surface area contributed by atoms with E-state index in [4.69, 9.17) is 14.5 Å². The van der Waals surface area contributed by atoms with E-state index in [1.807, 2.05) is 43.3 Å².